The van der Waals surface area contributed by atoms with Crippen LogP contribution >= 0.6 is 11.6 Å². The minimum atomic E-state index is -4.10. The SMILES string of the molecule is FC(F)(F)CC1(CCl)CC=CC1. The monoisotopic (exact) mass is 198 g/mol. The van der Waals surface area contributed by atoms with Crippen LogP contribution in [0.25, 0.3) is 0 Å². The molecule has 0 amide bonds. The zero-order valence-electron chi connectivity index (χ0n) is 6.49. The summed E-state index contributed by atoms with van der Waals surface area (Å²) in [6.07, 6.45) is -0.411. The highest BCUT2D eigenvalue weighted by molar-refractivity contribution is 6.18. The van der Waals surface area contributed by atoms with Crippen LogP contribution in [0.1, 0.15) is 19.3 Å². The highest BCUT2D eigenvalue weighted by atomic mass is 35.5. The fourth-order valence-corrected chi connectivity index (χ4v) is 1.79. The molecule has 1 aliphatic carbocycles. The van der Waals surface area contributed by atoms with Crippen LogP contribution in [0.5, 0.6) is 0 Å². The van der Waals surface area contributed by atoms with E-state index in [-0.39, 0.29) is 5.88 Å². The van der Waals surface area contributed by atoms with E-state index in [1.165, 1.54) is 0 Å². The molecular weight excluding hydrogens is 189 g/mol. The summed E-state index contributed by atoms with van der Waals surface area (Å²) in [4.78, 5) is 0. The Morgan fingerprint density at radius 3 is 2.08 bits per heavy atom. The Kier molecular flexibility index (Phi) is 2.71. The lowest BCUT2D eigenvalue weighted by molar-refractivity contribution is -0.154. The molecule has 0 aromatic carbocycles. The van der Waals surface area contributed by atoms with Gasteiger partial charge in [0.15, 0.2) is 0 Å². The first kappa shape index (κ1) is 9.90. The molecule has 70 valence electrons. The number of halogens is 4. The maximum Gasteiger partial charge on any atom is 0.389 e. The Hall–Kier alpha value is -0.180. The van der Waals surface area contributed by atoms with Crippen LogP contribution in [0.4, 0.5) is 13.2 Å². The molecule has 0 heterocycles. The lowest BCUT2D eigenvalue weighted by atomic mass is 9.84. The van der Waals surface area contributed by atoms with Gasteiger partial charge in [-0.25, -0.2) is 0 Å². The van der Waals surface area contributed by atoms with Crippen molar-refractivity contribution >= 4 is 11.6 Å². The van der Waals surface area contributed by atoms with Crippen molar-refractivity contribution in [3.8, 4) is 0 Å². The summed E-state index contributed by atoms with van der Waals surface area (Å²) in [7, 11) is 0. The van der Waals surface area contributed by atoms with Gasteiger partial charge in [0.2, 0.25) is 0 Å². The molecule has 0 saturated carbocycles. The molecule has 0 unspecified atom stereocenters. The largest absolute Gasteiger partial charge is 0.389 e. The first-order valence-corrected chi connectivity index (χ1v) is 4.29. The highest BCUT2D eigenvalue weighted by Gasteiger charge is 2.41. The van der Waals surface area contributed by atoms with Crippen molar-refractivity contribution in [1.82, 2.24) is 0 Å². The topological polar surface area (TPSA) is 0 Å². The van der Waals surface area contributed by atoms with Crippen molar-refractivity contribution in [3.63, 3.8) is 0 Å². The van der Waals surface area contributed by atoms with E-state index >= 15 is 0 Å². The molecule has 0 N–H and O–H groups in total. The van der Waals surface area contributed by atoms with E-state index in [1.54, 1.807) is 12.2 Å². The van der Waals surface area contributed by atoms with Gasteiger partial charge in [0.1, 0.15) is 0 Å². The molecule has 0 fully saturated rings. The Morgan fingerprint density at radius 1 is 1.25 bits per heavy atom. The Bertz CT molecular complexity index is 175. The number of rotatable bonds is 2. The molecule has 0 saturated heterocycles. The molecule has 1 rings (SSSR count). The second-order valence-electron chi connectivity index (χ2n) is 3.31. The van der Waals surface area contributed by atoms with Gasteiger partial charge in [0.05, 0.1) is 6.42 Å². The fraction of sp³-hybridized carbons (Fsp3) is 0.750. The van der Waals surface area contributed by atoms with Crippen molar-refractivity contribution < 1.29 is 13.2 Å². The van der Waals surface area contributed by atoms with Crippen LogP contribution in [0.2, 0.25) is 0 Å². The summed E-state index contributed by atoms with van der Waals surface area (Å²) in [5, 5.41) is 0. The van der Waals surface area contributed by atoms with Gasteiger partial charge < -0.3 is 0 Å². The standard InChI is InChI=1S/C8H10ClF3/c9-6-7(3-1-2-4-7)5-8(10,11)12/h1-2H,3-6H2. The van der Waals surface area contributed by atoms with Gasteiger partial charge >= 0.3 is 6.18 Å². The van der Waals surface area contributed by atoms with Crippen molar-refractivity contribution in [3.05, 3.63) is 12.2 Å². The van der Waals surface area contributed by atoms with E-state index < -0.39 is 18.0 Å². The smallest absolute Gasteiger partial charge is 0.171 e. The zero-order chi connectivity index (χ0) is 9.24. The number of hydrogen-bond donors (Lipinski definition) is 0. The second-order valence-corrected chi connectivity index (χ2v) is 3.57. The normalized spacial score (nSPS) is 21.7. The summed E-state index contributed by atoms with van der Waals surface area (Å²) in [6.45, 7) is 0. The van der Waals surface area contributed by atoms with Crippen molar-refractivity contribution in [2.45, 2.75) is 25.4 Å². The first-order chi connectivity index (χ1) is 5.47. The third-order valence-electron chi connectivity index (χ3n) is 2.13. The highest BCUT2D eigenvalue weighted by Crippen LogP contribution is 2.43. The van der Waals surface area contributed by atoms with Crippen LogP contribution in [0.3, 0.4) is 0 Å². The number of alkyl halides is 4. The predicted molar refractivity (Wildman–Crippen MR) is 42.2 cm³/mol. The van der Waals surface area contributed by atoms with Gasteiger partial charge in [-0.2, -0.15) is 13.2 Å². The number of hydrogen-bond acceptors (Lipinski definition) is 0. The number of allylic oxidation sites excluding steroid dienone is 2. The fourth-order valence-electron chi connectivity index (χ4n) is 1.48. The quantitative estimate of drug-likeness (QED) is 0.471. The van der Waals surface area contributed by atoms with Gasteiger partial charge in [-0.3, -0.25) is 0 Å². The third kappa shape index (κ3) is 2.41. The molecule has 1 aliphatic rings. The van der Waals surface area contributed by atoms with Crippen LogP contribution in [0.15, 0.2) is 12.2 Å². The summed E-state index contributed by atoms with van der Waals surface area (Å²) < 4.78 is 36.2. The summed E-state index contributed by atoms with van der Waals surface area (Å²) >= 11 is 5.53. The maximum atomic E-state index is 12.1. The molecule has 4 heteroatoms. The van der Waals surface area contributed by atoms with Crippen LogP contribution in [-0.4, -0.2) is 12.1 Å². The van der Waals surface area contributed by atoms with Gasteiger partial charge in [-0.05, 0) is 18.3 Å². The zero-order valence-corrected chi connectivity index (χ0v) is 7.25. The lowest BCUT2D eigenvalue weighted by Gasteiger charge is -2.27. The Morgan fingerprint density at radius 2 is 1.75 bits per heavy atom. The molecular formula is C8H10ClF3. The van der Waals surface area contributed by atoms with Gasteiger partial charge in [-0.15, -0.1) is 11.6 Å². The summed E-state index contributed by atoms with van der Waals surface area (Å²) in [5.74, 6) is 0.0828. The predicted octanol–water partition coefficient (Wildman–Crippen LogP) is 3.51. The minimum Gasteiger partial charge on any atom is -0.171 e. The Balaban J connectivity index is 2.57. The minimum absolute atomic E-state index is 0.0828. The molecule has 0 atom stereocenters. The van der Waals surface area contributed by atoms with E-state index in [0.717, 1.165) is 0 Å². The van der Waals surface area contributed by atoms with Gasteiger partial charge in [0.25, 0.3) is 0 Å². The van der Waals surface area contributed by atoms with Crippen LogP contribution in [-0.2, 0) is 0 Å². The van der Waals surface area contributed by atoms with Gasteiger partial charge in [0, 0.05) is 5.88 Å². The first-order valence-electron chi connectivity index (χ1n) is 3.75. The molecule has 0 radical (unpaired) electrons. The molecule has 0 aromatic heterocycles. The average Bonchev–Trinajstić information content (AvgIpc) is 2.34. The second kappa shape index (κ2) is 3.29. The van der Waals surface area contributed by atoms with Crippen LogP contribution < -0.4 is 0 Å². The summed E-state index contributed by atoms with van der Waals surface area (Å²) in [5.41, 5.74) is -0.750. The molecule has 0 spiro atoms. The average molecular weight is 199 g/mol. The van der Waals surface area contributed by atoms with Crippen LogP contribution in [0, 0.1) is 5.41 Å². The van der Waals surface area contributed by atoms with E-state index in [9.17, 15) is 13.2 Å². The summed E-state index contributed by atoms with van der Waals surface area (Å²) in [6, 6.07) is 0. The maximum absolute atomic E-state index is 12.1. The van der Waals surface area contributed by atoms with Crippen molar-refractivity contribution in [2.24, 2.45) is 5.41 Å². The van der Waals surface area contributed by atoms with Gasteiger partial charge in [-0.1, -0.05) is 12.2 Å². The third-order valence-corrected chi connectivity index (χ3v) is 2.69. The molecule has 12 heavy (non-hydrogen) atoms. The van der Waals surface area contributed by atoms with E-state index in [1.807, 2.05) is 0 Å². The molecule has 0 aliphatic heterocycles. The lowest BCUT2D eigenvalue weighted by Crippen LogP contribution is -2.27. The van der Waals surface area contributed by atoms with Crippen molar-refractivity contribution in [2.75, 3.05) is 5.88 Å². The van der Waals surface area contributed by atoms with E-state index in [2.05, 4.69) is 0 Å². The molecule has 0 nitrogen and oxygen atoms in total. The Labute approximate surface area is 74.4 Å². The van der Waals surface area contributed by atoms with E-state index in [0.29, 0.717) is 12.8 Å². The molecule has 0 bridgehead atoms. The van der Waals surface area contributed by atoms with Crippen molar-refractivity contribution in [1.29, 1.82) is 0 Å². The van der Waals surface area contributed by atoms with E-state index in [4.69, 9.17) is 11.6 Å². The molecule has 0 aromatic rings.